The van der Waals surface area contributed by atoms with Gasteiger partial charge >= 0.3 is 12.1 Å². The Morgan fingerprint density at radius 2 is 2.05 bits per heavy atom. The molecule has 1 aromatic rings. The van der Waals surface area contributed by atoms with Crippen LogP contribution in [-0.2, 0) is 9.47 Å². The summed E-state index contributed by atoms with van der Waals surface area (Å²) in [5.41, 5.74) is -0.503. The minimum Gasteiger partial charge on any atom is -0.465 e. The summed E-state index contributed by atoms with van der Waals surface area (Å²) in [6.45, 7) is 5.79. The molecule has 0 radical (unpaired) electrons. The third-order valence-corrected chi connectivity index (χ3v) is 3.09. The molecule has 0 aliphatic carbocycles. The molecule has 20 heavy (non-hydrogen) atoms. The Morgan fingerprint density at radius 1 is 1.35 bits per heavy atom. The highest BCUT2D eigenvalue weighted by molar-refractivity contribution is 7.14. The molecule has 0 saturated heterocycles. The first-order chi connectivity index (χ1) is 9.31. The molecule has 0 aliphatic rings. The predicted molar refractivity (Wildman–Crippen MR) is 78.9 cm³/mol. The molecule has 0 aromatic carbocycles. The van der Waals surface area contributed by atoms with Gasteiger partial charge in [-0.1, -0.05) is 6.08 Å². The molecule has 1 aromatic heterocycles. The molecule has 0 saturated carbocycles. The van der Waals surface area contributed by atoms with Gasteiger partial charge in [0.15, 0.2) is 0 Å². The lowest BCUT2D eigenvalue weighted by atomic mass is 10.2. The Morgan fingerprint density at radius 3 is 2.65 bits per heavy atom. The van der Waals surface area contributed by atoms with Crippen LogP contribution in [0, 0.1) is 0 Å². The van der Waals surface area contributed by atoms with E-state index < -0.39 is 11.7 Å². The second-order valence-electron chi connectivity index (χ2n) is 4.98. The van der Waals surface area contributed by atoms with Crippen molar-refractivity contribution >= 4 is 29.5 Å². The maximum atomic E-state index is 11.4. The number of amides is 1. The summed E-state index contributed by atoms with van der Waals surface area (Å²) < 4.78 is 9.72. The molecule has 0 bridgehead atoms. The molecule has 1 amide bonds. The minimum absolute atomic E-state index is 0.346. The van der Waals surface area contributed by atoms with Crippen LogP contribution >= 0.6 is 11.3 Å². The molecular formula is C14H19NO4S. The minimum atomic E-state index is -0.503. The molecule has 0 fully saturated rings. The van der Waals surface area contributed by atoms with Gasteiger partial charge in [0.05, 0.1) is 7.11 Å². The van der Waals surface area contributed by atoms with E-state index in [4.69, 9.17) is 4.74 Å². The normalized spacial score (nSPS) is 11.4. The van der Waals surface area contributed by atoms with Crippen molar-refractivity contribution in [3.63, 3.8) is 0 Å². The fraction of sp³-hybridized carbons (Fsp3) is 0.429. The highest BCUT2D eigenvalue weighted by atomic mass is 32.1. The number of carbonyl (C=O) groups is 2. The van der Waals surface area contributed by atoms with E-state index in [-0.39, 0.29) is 5.97 Å². The van der Waals surface area contributed by atoms with E-state index in [2.05, 4.69) is 10.1 Å². The van der Waals surface area contributed by atoms with Crippen LogP contribution in [0.25, 0.3) is 6.08 Å². The monoisotopic (exact) mass is 297 g/mol. The Balaban J connectivity index is 2.40. The Bertz CT molecular complexity index is 500. The molecule has 1 rings (SSSR count). The van der Waals surface area contributed by atoms with Crippen LogP contribution in [-0.4, -0.2) is 31.3 Å². The van der Waals surface area contributed by atoms with Crippen LogP contribution in [0.5, 0.6) is 0 Å². The molecule has 1 N–H and O–H groups in total. The second-order valence-corrected chi connectivity index (χ2v) is 6.09. The van der Waals surface area contributed by atoms with Gasteiger partial charge in [-0.25, -0.2) is 9.59 Å². The van der Waals surface area contributed by atoms with Gasteiger partial charge in [0.25, 0.3) is 0 Å². The van der Waals surface area contributed by atoms with E-state index in [1.54, 1.807) is 12.1 Å². The largest absolute Gasteiger partial charge is 0.465 e. The fourth-order valence-corrected chi connectivity index (χ4v) is 2.14. The Kier molecular flexibility index (Phi) is 5.76. The van der Waals surface area contributed by atoms with Gasteiger partial charge in [-0.05, 0) is 39.0 Å². The highest BCUT2D eigenvalue weighted by Gasteiger charge is 2.15. The summed E-state index contributed by atoms with van der Waals surface area (Å²) in [7, 11) is 1.35. The highest BCUT2D eigenvalue weighted by Crippen LogP contribution is 2.18. The van der Waals surface area contributed by atoms with Gasteiger partial charge in [0, 0.05) is 11.4 Å². The zero-order valence-electron chi connectivity index (χ0n) is 12.1. The van der Waals surface area contributed by atoms with E-state index in [0.29, 0.717) is 11.4 Å². The third kappa shape index (κ3) is 5.88. The summed E-state index contributed by atoms with van der Waals surface area (Å²) in [6.07, 6.45) is 3.16. The standard InChI is InChI=1S/C14H19NO4S/c1-14(2,3)19-13(17)15-9-5-6-10-7-8-11(20-10)12(16)18-4/h5-8H,9H2,1-4H3,(H,15,17). The summed E-state index contributed by atoms with van der Waals surface area (Å²) in [6, 6.07) is 3.53. The van der Waals surface area contributed by atoms with Gasteiger partial charge in [0.2, 0.25) is 0 Å². The smallest absolute Gasteiger partial charge is 0.407 e. The number of carbonyl (C=O) groups excluding carboxylic acids is 2. The number of esters is 1. The van der Waals surface area contributed by atoms with Gasteiger partial charge < -0.3 is 14.8 Å². The van der Waals surface area contributed by atoms with Crippen molar-refractivity contribution in [3.05, 3.63) is 28.0 Å². The van der Waals surface area contributed by atoms with Crippen LogP contribution in [0.15, 0.2) is 18.2 Å². The summed E-state index contributed by atoms with van der Waals surface area (Å²) in [5, 5.41) is 2.62. The van der Waals surface area contributed by atoms with Crippen molar-refractivity contribution in [3.8, 4) is 0 Å². The summed E-state index contributed by atoms with van der Waals surface area (Å²) in [5.74, 6) is -0.346. The van der Waals surface area contributed by atoms with E-state index in [1.807, 2.05) is 32.9 Å². The second kappa shape index (κ2) is 7.09. The lowest BCUT2D eigenvalue weighted by molar-refractivity contribution is 0.0533. The molecular weight excluding hydrogens is 278 g/mol. The van der Waals surface area contributed by atoms with Crippen LogP contribution in [0.1, 0.15) is 35.3 Å². The maximum absolute atomic E-state index is 11.4. The number of hydrogen-bond donors (Lipinski definition) is 1. The van der Waals surface area contributed by atoms with E-state index in [0.717, 1.165) is 4.88 Å². The molecule has 6 heteroatoms. The summed E-state index contributed by atoms with van der Waals surface area (Å²) >= 11 is 1.33. The number of thiophene rings is 1. The van der Waals surface area contributed by atoms with Gasteiger partial charge in [-0.2, -0.15) is 0 Å². The number of methoxy groups -OCH3 is 1. The van der Waals surface area contributed by atoms with Gasteiger partial charge in [0.1, 0.15) is 10.5 Å². The zero-order valence-corrected chi connectivity index (χ0v) is 12.9. The van der Waals surface area contributed by atoms with Crippen molar-refractivity contribution in [2.45, 2.75) is 26.4 Å². The third-order valence-electron chi connectivity index (χ3n) is 2.06. The SMILES string of the molecule is COC(=O)c1ccc(C=CCNC(=O)OC(C)(C)C)s1. The van der Waals surface area contributed by atoms with Crippen molar-refractivity contribution in [1.82, 2.24) is 5.32 Å². The van der Waals surface area contributed by atoms with Crippen LogP contribution < -0.4 is 5.32 Å². The number of nitrogens with one attached hydrogen (secondary N) is 1. The number of rotatable bonds is 4. The van der Waals surface area contributed by atoms with Crippen LogP contribution in [0.4, 0.5) is 4.79 Å². The molecule has 110 valence electrons. The first-order valence-electron chi connectivity index (χ1n) is 6.13. The molecule has 0 atom stereocenters. The van der Waals surface area contributed by atoms with Crippen LogP contribution in [0.3, 0.4) is 0 Å². The first-order valence-corrected chi connectivity index (χ1v) is 6.95. The fourth-order valence-electron chi connectivity index (χ4n) is 1.28. The quantitative estimate of drug-likeness (QED) is 0.867. The predicted octanol–water partition coefficient (Wildman–Crippen LogP) is 3.07. The van der Waals surface area contributed by atoms with E-state index in [1.165, 1.54) is 18.4 Å². The molecule has 1 heterocycles. The van der Waals surface area contributed by atoms with Crippen molar-refractivity contribution in [2.24, 2.45) is 0 Å². The molecule has 5 nitrogen and oxygen atoms in total. The molecule has 0 unspecified atom stereocenters. The molecule has 0 spiro atoms. The lowest BCUT2D eigenvalue weighted by Gasteiger charge is -2.19. The first kappa shape index (κ1) is 16.2. The van der Waals surface area contributed by atoms with Gasteiger partial charge in [-0.3, -0.25) is 0 Å². The van der Waals surface area contributed by atoms with Crippen molar-refractivity contribution in [1.29, 1.82) is 0 Å². The Hall–Kier alpha value is -1.82. The molecule has 0 aliphatic heterocycles. The lowest BCUT2D eigenvalue weighted by Crippen LogP contribution is -2.32. The summed E-state index contributed by atoms with van der Waals surface area (Å²) in [4.78, 5) is 24.1. The van der Waals surface area contributed by atoms with Crippen molar-refractivity contribution in [2.75, 3.05) is 13.7 Å². The average molecular weight is 297 g/mol. The Labute approximate surface area is 122 Å². The van der Waals surface area contributed by atoms with Crippen LogP contribution in [0.2, 0.25) is 0 Å². The maximum Gasteiger partial charge on any atom is 0.407 e. The van der Waals surface area contributed by atoms with E-state index >= 15 is 0 Å². The van der Waals surface area contributed by atoms with E-state index in [9.17, 15) is 9.59 Å². The number of ether oxygens (including phenoxy) is 2. The van der Waals surface area contributed by atoms with Gasteiger partial charge in [-0.15, -0.1) is 11.3 Å². The number of alkyl carbamates (subject to hydrolysis) is 1. The average Bonchev–Trinajstić information content (AvgIpc) is 2.80. The zero-order chi connectivity index (χ0) is 15.2. The van der Waals surface area contributed by atoms with Crippen molar-refractivity contribution < 1.29 is 19.1 Å². The number of hydrogen-bond acceptors (Lipinski definition) is 5. The topological polar surface area (TPSA) is 64.6 Å².